The van der Waals surface area contributed by atoms with Crippen molar-refractivity contribution in [3.05, 3.63) is 79.4 Å². The molecular weight excluding hydrogens is 492 g/mol. The summed E-state index contributed by atoms with van der Waals surface area (Å²) in [6.07, 6.45) is 0. The molecule has 3 heterocycles. The summed E-state index contributed by atoms with van der Waals surface area (Å²) in [6, 6.07) is 16.1. The lowest BCUT2D eigenvalue weighted by Gasteiger charge is -2.09. The topological polar surface area (TPSA) is 79.6 Å². The molecule has 0 aliphatic carbocycles. The summed E-state index contributed by atoms with van der Waals surface area (Å²) in [4.78, 5) is 34.5. The van der Waals surface area contributed by atoms with Crippen LogP contribution in [0.3, 0.4) is 0 Å². The minimum absolute atomic E-state index is 0.359. The van der Waals surface area contributed by atoms with E-state index in [-0.39, 0.29) is 5.56 Å². The number of hydrogen-bond acceptors (Lipinski definition) is 5. The van der Waals surface area contributed by atoms with Crippen LogP contribution < -0.4 is 11.2 Å². The third-order valence-electron chi connectivity index (χ3n) is 5.47. The van der Waals surface area contributed by atoms with E-state index in [1.54, 1.807) is 18.7 Å². The van der Waals surface area contributed by atoms with Crippen LogP contribution in [0.25, 0.3) is 22.2 Å². The van der Waals surface area contributed by atoms with E-state index < -0.39 is 5.69 Å². The third kappa shape index (κ3) is 3.30. The van der Waals surface area contributed by atoms with Gasteiger partial charge in [0.25, 0.3) is 5.56 Å². The Labute approximate surface area is 195 Å². The summed E-state index contributed by atoms with van der Waals surface area (Å²) < 4.78 is 7.37. The highest BCUT2D eigenvalue weighted by Gasteiger charge is 2.20. The fraction of sp³-hybridized carbons (Fsp3) is 0.182. The molecule has 0 N–H and O–H groups in total. The Bertz CT molecular complexity index is 1630. The maximum absolute atomic E-state index is 12.7. The molecule has 0 amide bonds. The number of rotatable bonds is 4. The van der Waals surface area contributed by atoms with Gasteiger partial charge in [0.05, 0.1) is 17.6 Å². The van der Waals surface area contributed by atoms with E-state index in [0.717, 1.165) is 30.8 Å². The van der Waals surface area contributed by atoms with Gasteiger partial charge in [-0.1, -0.05) is 40.2 Å². The summed E-state index contributed by atoms with van der Waals surface area (Å²) in [5.41, 5.74) is 2.99. The molecule has 10 heteroatoms. The third-order valence-corrected chi connectivity index (χ3v) is 7.00. The molecule has 0 spiro atoms. The minimum atomic E-state index is -0.404. The van der Waals surface area contributed by atoms with Gasteiger partial charge in [0.1, 0.15) is 0 Å². The summed E-state index contributed by atoms with van der Waals surface area (Å²) >= 11 is 4.91. The Morgan fingerprint density at radius 1 is 0.906 bits per heavy atom. The van der Waals surface area contributed by atoms with Crippen LogP contribution in [0, 0.1) is 0 Å². The number of aromatic nitrogens is 6. The fourth-order valence-electron chi connectivity index (χ4n) is 3.77. The molecule has 8 nitrogen and oxygen atoms in total. The van der Waals surface area contributed by atoms with E-state index >= 15 is 0 Å². The summed E-state index contributed by atoms with van der Waals surface area (Å²) in [7, 11) is 4.88. The van der Waals surface area contributed by atoms with Crippen molar-refractivity contribution >= 4 is 49.9 Å². The molecule has 0 radical (unpaired) electrons. The van der Waals surface area contributed by atoms with Crippen LogP contribution in [-0.2, 0) is 27.7 Å². The minimum Gasteiger partial charge on any atom is -0.316 e. The summed E-state index contributed by atoms with van der Waals surface area (Å²) in [5.74, 6) is 0. The van der Waals surface area contributed by atoms with Crippen molar-refractivity contribution in [2.24, 2.45) is 21.1 Å². The first-order valence-corrected chi connectivity index (χ1v) is 11.5. The van der Waals surface area contributed by atoms with Crippen LogP contribution >= 0.6 is 27.7 Å². The van der Waals surface area contributed by atoms with Gasteiger partial charge < -0.3 is 9.13 Å². The fourth-order valence-corrected chi connectivity index (χ4v) is 5.16. The molecule has 0 bridgehead atoms. The molecule has 3 aromatic heterocycles. The first-order valence-electron chi connectivity index (χ1n) is 9.85. The standard InChI is InChI=1S/C22H19BrN6O2S/c1-26-17-18(27(2)22(31)28(3)19(17)30)25-20(26)32-21-24-15-9-4-5-10-16(15)29(21)12-13-7-6-8-14(23)11-13/h4-11H,12H2,1-3H3. The van der Waals surface area contributed by atoms with Crippen LogP contribution in [0.2, 0.25) is 0 Å². The van der Waals surface area contributed by atoms with Gasteiger partial charge in [0, 0.05) is 25.6 Å². The quantitative estimate of drug-likeness (QED) is 0.370. The van der Waals surface area contributed by atoms with Crippen molar-refractivity contribution in [3.8, 4) is 0 Å². The number of hydrogen-bond donors (Lipinski definition) is 0. The number of imidazole rings is 2. The lowest BCUT2D eigenvalue weighted by Crippen LogP contribution is -2.37. The number of fused-ring (bicyclic) bond motifs is 2. The lowest BCUT2D eigenvalue weighted by atomic mass is 10.2. The van der Waals surface area contributed by atoms with Crippen molar-refractivity contribution in [1.82, 2.24) is 28.2 Å². The van der Waals surface area contributed by atoms with Crippen molar-refractivity contribution in [3.63, 3.8) is 0 Å². The molecule has 0 aliphatic heterocycles. The van der Waals surface area contributed by atoms with E-state index in [9.17, 15) is 9.59 Å². The van der Waals surface area contributed by atoms with E-state index in [1.165, 1.54) is 23.4 Å². The van der Waals surface area contributed by atoms with Crippen LogP contribution in [0.4, 0.5) is 0 Å². The van der Waals surface area contributed by atoms with Gasteiger partial charge in [-0.2, -0.15) is 0 Å². The highest BCUT2D eigenvalue weighted by atomic mass is 79.9. The molecule has 162 valence electrons. The average molecular weight is 511 g/mol. The zero-order chi connectivity index (χ0) is 22.6. The summed E-state index contributed by atoms with van der Waals surface area (Å²) in [6.45, 7) is 0.631. The number of aryl methyl sites for hydroxylation is 2. The smallest absolute Gasteiger partial charge is 0.316 e. The van der Waals surface area contributed by atoms with Crippen molar-refractivity contribution in [2.45, 2.75) is 16.9 Å². The van der Waals surface area contributed by atoms with Crippen LogP contribution in [0.15, 0.2) is 72.9 Å². The average Bonchev–Trinajstić information content (AvgIpc) is 3.29. The first-order chi connectivity index (χ1) is 15.3. The molecule has 0 unspecified atom stereocenters. The highest BCUT2D eigenvalue weighted by Crippen LogP contribution is 2.31. The second kappa shape index (κ2) is 7.79. The Kier molecular flexibility index (Phi) is 5.06. The molecular formula is C22H19BrN6O2S. The Morgan fingerprint density at radius 2 is 1.69 bits per heavy atom. The van der Waals surface area contributed by atoms with E-state index in [4.69, 9.17) is 4.98 Å². The molecule has 5 rings (SSSR count). The molecule has 2 aromatic carbocycles. The monoisotopic (exact) mass is 510 g/mol. The van der Waals surface area contributed by atoms with E-state index in [0.29, 0.717) is 22.9 Å². The van der Waals surface area contributed by atoms with Crippen LogP contribution in [0.5, 0.6) is 0 Å². The maximum Gasteiger partial charge on any atom is 0.332 e. The Morgan fingerprint density at radius 3 is 2.47 bits per heavy atom. The maximum atomic E-state index is 12.7. The van der Waals surface area contributed by atoms with Crippen LogP contribution in [0.1, 0.15) is 5.56 Å². The number of halogens is 1. The highest BCUT2D eigenvalue weighted by molar-refractivity contribution is 9.10. The second-order valence-corrected chi connectivity index (χ2v) is 9.38. The lowest BCUT2D eigenvalue weighted by molar-refractivity contribution is 0.705. The zero-order valence-corrected chi connectivity index (χ0v) is 20.0. The van der Waals surface area contributed by atoms with Gasteiger partial charge in [0.2, 0.25) is 0 Å². The van der Waals surface area contributed by atoms with Gasteiger partial charge >= 0.3 is 5.69 Å². The molecule has 0 aliphatic rings. The van der Waals surface area contributed by atoms with Gasteiger partial charge in [-0.25, -0.2) is 14.8 Å². The SMILES string of the molecule is Cn1c(=O)c2c(nc(Sc3nc4ccccc4n3Cc3cccc(Br)c3)n2C)n(C)c1=O. The zero-order valence-electron chi connectivity index (χ0n) is 17.6. The van der Waals surface area contributed by atoms with E-state index in [2.05, 4.69) is 37.6 Å². The van der Waals surface area contributed by atoms with Gasteiger partial charge in [-0.15, -0.1) is 0 Å². The predicted molar refractivity (Wildman–Crippen MR) is 128 cm³/mol. The number of nitrogens with zero attached hydrogens (tertiary/aromatic N) is 6. The molecule has 0 saturated carbocycles. The van der Waals surface area contributed by atoms with Crippen molar-refractivity contribution in [1.29, 1.82) is 0 Å². The molecule has 0 saturated heterocycles. The Balaban J connectivity index is 1.66. The molecule has 5 aromatic rings. The number of para-hydroxylation sites is 2. The normalized spacial score (nSPS) is 11.6. The molecule has 0 atom stereocenters. The van der Waals surface area contributed by atoms with Crippen LogP contribution in [-0.4, -0.2) is 28.2 Å². The number of benzene rings is 2. The summed E-state index contributed by atoms with van der Waals surface area (Å²) in [5, 5.41) is 1.34. The first kappa shape index (κ1) is 20.8. The van der Waals surface area contributed by atoms with E-state index in [1.807, 2.05) is 36.4 Å². The molecule has 32 heavy (non-hydrogen) atoms. The molecule has 0 fully saturated rings. The van der Waals surface area contributed by atoms with Crippen molar-refractivity contribution < 1.29 is 0 Å². The van der Waals surface area contributed by atoms with Gasteiger partial charge in [0.15, 0.2) is 21.5 Å². The predicted octanol–water partition coefficient (Wildman–Crippen LogP) is 3.28. The van der Waals surface area contributed by atoms with Crippen molar-refractivity contribution in [2.75, 3.05) is 0 Å². The second-order valence-electron chi connectivity index (χ2n) is 7.53. The Hall–Kier alpha value is -3.11. The van der Waals surface area contributed by atoms with Gasteiger partial charge in [-0.3, -0.25) is 13.9 Å². The van der Waals surface area contributed by atoms with Gasteiger partial charge in [-0.05, 0) is 41.6 Å². The largest absolute Gasteiger partial charge is 0.332 e.